The number of aromatic nitrogens is 2. The number of nitrogens with one attached hydrogen (secondary N) is 3. The number of aryl methyl sites for hydroxylation is 1. The van der Waals surface area contributed by atoms with E-state index in [2.05, 4.69) is 15.3 Å². The van der Waals surface area contributed by atoms with E-state index in [-0.39, 0.29) is 11.4 Å². The van der Waals surface area contributed by atoms with E-state index < -0.39 is 11.6 Å². The van der Waals surface area contributed by atoms with Crippen molar-refractivity contribution in [1.29, 1.82) is 0 Å². The highest BCUT2D eigenvalue weighted by Crippen LogP contribution is 2.20. The maximum absolute atomic E-state index is 11.7. The molecular formula is C11H11N3O3. The number of hydrogen-bond donors (Lipinski definition) is 4. The van der Waals surface area contributed by atoms with Gasteiger partial charge in [0.1, 0.15) is 11.4 Å². The Kier molecular flexibility index (Phi) is 2.70. The van der Waals surface area contributed by atoms with Gasteiger partial charge >= 0.3 is 5.69 Å². The first kappa shape index (κ1) is 11.0. The van der Waals surface area contributed by atoms with Crippen LogP contribution in [0.5, 0.6) is 5.75 Å². The third kappa shape index (κ3) is 2.36. The van der Waals surface area contributed by atoms with Crippen LogP contribution in [0.1, 0.15) is 16.1 Å². The van der Waals surface area contributed by atoms with E-state index in [1.165, 1.54) is 18.3 Å². The summed E-state index contributed by atoms with van der Waals surface area (Å²) in [4.78, 5) is 27.2. The van der Waals surface area contributed by atoms with Crippen LogP contribution in [0.25, 0.3) is 0 Å². The van der Waals surface area contributed by atoms with E-state index in [9.17, 15) is 14.7 Å². The van der Waals surface area contributed by atoms with Crippen molar-refractivity contribution in [1.82, 2.24) is 9.97 Å². The van der Waals surface area contributed by atoms with Crippen LogP contribution in [-0.2, 0) is 0 Å². The molecule has 1 heterocycles. The Morgan fingerprint density at radius 1 is 1.41 bits per heavy atom. The molecule has 1 amide bonds. The number of carbonyl (C=O) groups excluding carboxylic acids is 1. The lowest BCUT2D eigenvalue weighted by Crippen LogP contribution is -2.14. The molecule has 0 radical (unpaired) electrons. The number of phenolic OH excluding ortho intramolecular Hbond substituents is 1. The van der Waals surface area contributed by atoms with Crippen LogP contribution in [0.4, 0.5) is 5.69 Å². The maximum Gasteiger partial charge on any atom is 0.323 e. The van der Waals surface area contributed by atoms with Gasteiger partial charge in [-0.25, -0.2) is 4.79 Å². The summed E-state index contributed by atoms with van der Waals surface area (Å²) in [6.07, 6.45) is 1.30. The monoisotopic (exact) mass is 233 g/mol. The van der Waals surface area contributed by atoms with Gasteiger partial charge in [-0.2, -0.15) is 0 Å². The number of benzene rings is 1. The van der Waals surface area contributed by atoms with Gasteiger partial charge in [0.05, 0.1) is 0 Å². The number of hydrogen-bond acceptors (Lipinski definition) is 3. The smallest absolute Gasteiger partial charge is 0.323 e. The van der Waals surface area contributed by atoms with E-state index in [1.54, 1.807) is 13.0 Å². The molecule has 0 saturated heterocycles. The van der Waals surface area contributed by atoms with Crippen molar-refractivity contribution < 1.29 is 9.90 Å². The van der Waals surface area contributed by atoms with E-state index >= 15 is 0 Å². The lowest BCUT2D eigenvalue weighted by atomic mass is 10.2. The molecule has 88 valence electrons. The minimum atomic E-state index is -0.433. The number of imidazole rings is 1. The Morgan fingerprint density at radius 2 is 2.18 bits per heavy atom. The van der Waals surface area contributed by atoms with E-state index in [4.69, 9.17) is 0 Å². The lowest BCUT2D eigenvalue weighted by Gasteiger charge is -2.07. The van der Waals surface area contributed by atoms with Crippen molar-refractivity contribution in [2.45, 2.75) is 6.92 Å². The average molecular weight is 233 g/mol. The molecule has 0 saturated carbocycles. The molecule has 2 rings (SSSR count). The molecular weight excluding hydrogens is 222 g/mol. The fourth-order valence-electron chi connectivity index (χ4n) is 1.43. The van der Waals surface area contributed by atoms with Gasteiger partial charge in [0.15, 0.2) is 0 Å². The maximum atomic E-state index is 11.7. The largest absolute Gasteiger partial charge is 0.508 e. The molecule has 0 aliphatic heterocycles. The molecule has 0 atom stereocenters. The predicted molar refractivity (Wildman–Crippen MR) is 62.2 cm³/mol. The molecule has 1 aromatic carbocycles. The molecule has 2 aromatic rings. The van der Waals surface area contributed by atoms with Crippen molar-refractivity contribution in [2.75, 3.05) is 5.32 Å². The Hall–Kier alpha value is -2.50. The molecule has 0 unspecified atom stereocenters. The molecule has 6 nitrogen and oxygen atoms in total. The first-order chi connectivity index (χ1) is 8.06. The second-order valence-corrected chi connectivity index (χ2v) is 3.61. The van der Waals surface area contributed by atoms with Crippen molar-refractivity contribution in [3.63, 3.8) is 0 Å². The fourth-order valence-corrected chi connectivity index (χ4v) is 1.43. The number of carbonyl (C=O) groups is 1. The van der Waals surface area contributed by atoms with Gasteiger partial charge in [0.2, 0.25) is 0 Å². The van der Waals surface area contributed by atoms with Crippen LogP contribution in [0.2, 0.25) is 0 Å². The molecule has 0 spiro atoms. The van der Waals surface area contributed by atoms with Gasteiger partial charge in [0, 0.05) is 11.9 Å². The predicted octanol–water partition coefficient (Wildman–Crippen LogP) is 0.969. The van der Waals surface area contributed by atoms with Crippen molar-refractivity contribution >= 4 is 11.6 Å². The number of aromatic hydroxyl groups is 1. The zero-order valence-corrected chi connectivity index (χ0v) is 9.07. The number of phenols is 1. The van der Waals surface area contributed by atoms with Crippen molar-refractivity contribution in [3.8, 4) is 5.75 Å². The highest BCUT2D eigenvalue weighted by atomic mass is 16.3. The molecule has 6 heteroatoms. The minimum absolute atomic E-state index is 0.135. The lowest BCUT2D eigenvalue weighted by molar-refractivity contribution is 0.102. The average Bonchev–Trinajstić information content (AvgIpc) is 2.69. The fraction of sp³-hybridized carbons (Fsp3) is 0.0909. The van der Waals surface area contributed by atoms with Crippen molar-refractivity contribution in [2.24, 2.45) is 0 Å². The van der Waals surface area contributed by atoms with Gasteiger partial charge < -0.3 is 20.4 Å². The Morgan fingerprint density at radius 3 is 2.76 bits per heavy atom. The third-order valence-corrected chi connectivity index (χ3v) is 2.30. The van der Waals surface area contributed by atoms with Gasteiger partial charge in [0.25, 0.3) is 5.91 Å². The Balaban J connectivity index is 2.21. The van der Waals surface area contributed by atoms with Crippen LogP contribution < -0.4 is 11.0 Å². The third-order valence-electron chi connectivity index (χ3n) is 2.30. The number of H-pyrrole nitrogens is 2. The van der Waals surface area contributed by atoms with E-state index in [0.717, 1.165) is 5.56 Å². The first-order valence-corrected chi connectivity index (χ1v) is 4.95. The number of aromatic amines is 2. The number of amides is 1. The van der Waals surface area contributed by atoms with Gasteiger partial charge in [-0.3, -0.25) is 4.79 Å². The Bertz CT molecular complexity index is 612. The molecule has 0 fully saturated rings. The summed E-state index contributed by atoms with van der Waals surface area (Å²) in [6, 6.07) is 4.60. The van der Waals surface area contributed by atoms with Crippen LogP contribution in [0.15, 0.2) is 29.2 Å². The first-order valence-electron chi connectivity index (χ1n) is 4.95. The molecule has 1 aromatic heterocycles. The second-order valence-electron chi connectivity index (χ2n) is 3.61. The zero-order valence-electron chi connectivity index (χ0n) is 9.07. The summed E-state index contributed by atoms with van der Waals surface area (Å²) in [5.74, 6) is -0.285. The normalized spacial score (nSPS) is 10.2. The SMILES string of the molecule is Cc1cc(O)ccc1NC(=O)c1c[nH]c(=O)[nH]1. The van der Waals surface area contributed by atoms with Crippen LogP contribution in [0.3, 0.4) is 0 Å². The highest BCUT2D eigenvalue weighted by molar-refractivity contribution is 6.03. The molecule has 4 N–H and O–H groups in total. The van der Waals surface area contributed by atoms with E-state index in [0.29, 0.717) is 5.69 Å². The van der Waals surface area contributed by atoms with Gasteiger partial charge in [-0.15, -0.1) is 0 Å². The number of anilines is 1. The molecule has 0 aliphatic carbocycles. The number of rotatable bonds is 2. The Labute approximate surface area is 96.3 Å². The van der Waals surface area contributed by atoms with Gasteiger partial charge in [-0.05, 0) is 30.7 Å². The summed E-state index contributed by atoms with van der Waals surface area (Å²) >= 11 is 0. The topological polar surface area (TPSA) is 98.0 Å². The second kappa shape index (κ2) is 4.17. The van der Waals surface area contributed by atoms with Gasteiger partial charge in [-0.1, -0.05) is 0 Å². The molecule has 0 aliphatic rings. The van der Waals surface area contributed by atoms with E-state index in [1.807, 2.05) is 0 Å². The van der Waals surface area contributed by atoms with Crippen LogP contribution >= 0.6 is 0 Å². The minimum Gasteiger partial charge on any atom is -0.508 e. The van der Waals surface area contributed by atoms with Crippen LogP contribution in [0, 0.1) is 6.92 Å². The molecule has 0 bridgehead atoms. The summed E-state index contributed by atoms with van der Waals surface area (Å²) in [5, 5.41) is 11.9. The van der Waals surface area contributed by atoms with Crippen LogP contribution in [-0.4, -0.2) is 21.0 Å². The summed E-state index contributed by atoms with van der Waals surface area (Å²) in [7, 11) is 0. The van der Waals surface area contributed by atoms with Crippen molar-refractivity contribution in [3.05, 3.63) is 46.1 Å². The summed E-state index contributed by atoms with van der Waals surface area (Å²) in [5.41, 5.74) is 1.03. The summed E-state index contributed by atoms with van der Waals surface area (Å²) in [6.45, 7) is 1.76. The quantitative estimate of drug-likeness (QED) is 0.582. The zero-order chi connectivity index (χ0) is 12.4. The highest BCUT2D eigenvalue weighted by Gasteiger charge is 2.09. The standard InChI is InChI=1S/C11H11N3O3/c1-6-4-7(15)2-3-8(6)13-10(16)9-5-12-11(17)14-9/h2-5,15H,1H3,(H,13,16)(H2,12,14,17). The molecule has 17 heavy (non-hydrogen) atoms. The summed E-state index contributed by atoms with van der Waals surface area (Å²) < 4.78 is 0.